The highest BCUT2D eigenvalue weighted by Crippen LogP contribution is 2.44. The highest BCUT2D eigenvalue weighted by Gasteiger charge is 2.42. The number of nitrogens with zero attached hydrogens (tertiary/aromatic N) is 1. The number of phenolic OH excluding ortho intramolecular Hbond substituents is 1. The lowest BCUT2D eigenvalue weighted by molar-refractivity contribution is -0.143. The van der Waals surface area contributed by atoms with Crippen molar-refractivity contribution in [2.75, 3.05) is 30.3 Å². The largest absolute Gasteiger partial charge is 0.505 e. The van der Waals surface area contributed by atoms with Crippen LogP contribution in [-0.2, 0) is 70.4 Å². The number of nitrogens with one attached hydrogen (secondary N) is 9. The molecule has 105 heavy (non-hydrogen) atoms. The summed E-state index contributed by atoms with van der Waals surface area (Å²) in [5.41, 5.74) is 4.26. The number of hydrogen-bond donors (Lipinski definition) is 17. The van der Waals surface area contributed by atoms with Gasteiger partial charge in [0.2, 0.25) is 46.8 Å². The molecule has 0 saturated carbocycles. The highest BCUT2D eigenvalue weighted by molar-refractivity contribution is 8.00. The molecule has 4 aromatic rings. The van der Waals surface area contributed by atoms with Gasteiger partial charge in [-0.2, -0.15) is 0 Å². The number of carboxylic acids is 6. The molecule has 1 aliphatic carbocycles. The third-order valence-electron chi connectivity index (χ3n) is 15.9. The van der Waals surface area contributed by atoms with Gasteiger partial charge in [-0.05, 0) is 60.2 Å². The minimum atomic E-state index is -2.04. The summed E-state index contributed by atoms with van der Waals surface area (Å²) in [5.74, 6) is -20.9. The van der Waals surface area contributed by atoms with E-state index in [4.69, 9.17) is 15.3 Å². The summed E-state index contributed by atoms with van der Waals surface area (Å²) in [6.45, 7) is -0.888. The SMILES string of the molecule is N[C@@H](CNC(=O)[C@H](Cc1ccccc1)NC(=O)[C@H](Cc1ccccc1)NC(=O)NCCCNC(=O)CCC(NC(=O)N[C@@H](CCC(=O)O)C(=O)O)C(=O)O)C(=O)N[C@@H](CC(=O)O)C(=O)N[C@@H](CSC1CC(=O)N(c2ccc(-c3c4cc(F)c(=O)cc-4oc4cc(O)c(F)cc34)c(C(=O)O)c2)C1=O)C(=O)O. The average Bonchev–Trinajstić information content (AvgIpc) is 1.37. The van der Waals surface area contributed by atoms with Gasteiger partial charge in [-0.3, -0.25) is 47.9 Å². The van der Waals surface area contributed by atoms with Crippen LogP contribution in [0.2, 0.25) is 0 Å². The molecule has 1 fully saturated rings. The maximum Gasteiger partial charge on any atom is 0.336 e. The lowest BCUT2D eigenvalue weighted by Crippen LogP contribution is -2.59. The number of halogens is 2. The number of urea groups is 2. The van der Waals surface area contributed by atoms with E-state index in [9.17, 15) is 116 Å². The number of aromatic carboxylic acids is 1. The number of nitrogens with two attached hydrogens (primary N) is 1. The Hall–Kier alpha value is -12.6. The van der Waals surface area contributed by atoms with Crippen LogP contribution in [0.25, 0.3) is 33.4 Å². The molecule has 38 heteroatoms. The Labute approximate surface area is 595 Å². The van der Waals surface area contributed by atoms with Crippen LogP contribution in [0.1, 0.15) is 66.4 Å². The van der Waals surface area contributed by atoms with Crippen LogP contribution in [0.4, 0.5) is 24.1 Å². The van der Waals surface area contributed by atoms with Crippen LogP contribution in [-0.4, -0.2) is 198 Å². The number of carbonyl (C=O) groups excluding carboxylic acids is 9. The van der Waals surface area contributed by atoms with Crippen molar-refractivity contribution in [3.05, 3.63) is 142 Å². The van der Waals surface area contributed by atoms with Crippen LogP contribution >= 0.6 is 11.8 Å². The second-order valence-electron chi connectivity index (χ2n) is 23.6. The predicted molar refractivity (Wildman–Crippen MR) is 362 cm³/mol. The molecule has 2 unspecified atom stereocenters. The fraction of sp³-hybridized carbons (Fsp3) is 0.313. The molecule has 0 radical (unpaired) electrons. The van der Waals surface area contributed by atoms with Crippen LogP contribution in [0, 0.1) is 11.6 Å². The number of imide groups is 1. The van der Waals surface area contributed by atoms with Crippen molar-refractivity contribution < 1.29 is 121 Å². The van der Waals surface area contributed by atoms with E-state index < -0.39 is 216 Å². The van der Waals surface area contributed by atoms with Crippen LogP contribution in [0.15, 0.2) is 112 Å². The summed E-state index contributed by atoms with van der Waals surface area (Å²) in [6, 6.07) is 8.80. The second-order valence-corrected chi connectivity index (χ2v) is 24.8. The van der Waals surface area contributed by atoms with E-state index in [1.54, 1.807) is 60.7 Å². The third kappa shape index (κ3) is 22.4. The zero-order chi connectivity index (χ0) is 76.9. The van der Waals surface area contributed by atoms with Crippen LogP contribution in [0.5, 0.6) is 5.75 Å². The Morgan fingerprint density at radius 2 is 1.13 bits per heavy atom. The molecule has 8 atom stereocenters. The van der Waals surface area contributed by atoms with Gasteiger partial charge in [0.25, 0.3) is 0 Å². The minimum Gasteiger partial charge on any atom is -0.505 e. The number of rotatable bonds is 37. The van der Waals surface area contributed by atoms with E-state index in [0.717, 1.165) is 42.5 Å². The van der Waals surface area contributed by atoms with E-state index in [1.807, 2.05) is 10.6 Å². The Balaban J connectivity index is 0.935. The first-order valence-corrected chi connectivity index (χ1v) is 32.8. The van der Waals surface area contributed by atoms with Gasteiger partial charge in [0.05, 0.1) is 22.9 Å². The normalized spacial score (nSPS) is 14.6. The van der Waals surface area contributed by atoms with Gasteiger partial charge in [0.15, 0.2) is 17.4 Å². The summed E-state index contributed by atoms with van der Waals surface area (Å²) in [5, 5.41) is 87.5. The number of carbonyl (C=O) groups is 15. The molecule has 1 saturated heterocycles. The first-order chi connectivity index (χ1) is 49.8. The Morgan fingerprint density at radius 1 is 0.571 bits per heavy atom. The van der Waals surface area contributed by atoms with E-state index in [0.29, 0.717) is 27.8 Å². The molecule has 0 bridgehead atoms. The molecule has 0 aromatic heterocycles. The van der Waals surface area contributed by atoms with Gasteiger partial charge in [-0.1, -0.05) is 66.7 Å². The summed E-state index contributed by atoms with van der Waals surface area (Å²) in [6.07, 6.45) is -3.96. The third-order valence-corrected chi connectivity index (χ3v) is 17.2. The lowest BCUT2D eigenvalue weighted by atomic mass is 9.90. The summed E-state index contributed by atoms with van der Waals surface area (Å²) >= 11 is 0.556. The van der Waals surface area contributed by atoms with Crippen LogP contribution < -0.4 is 63.9 Å². The Kier molecular flexibility index (Phi) is 28.0. The van der Waals surface area contributed by atoms with Crippen molar-refractivity contribution in [2.24, 2.45) is 5.73 Å². The zero-order valence-corrected chi connectivity index (χ0v) is 55.7. The number of hydrogen-bond acceptors (Lipinski definition) is 20. The number of benzene rings is 5. The fourth-order valence-corrected chi connectivity index (χ4v) is 11.8. The summed E-state index contributed by atoms with van der Waals surface area (Å²) in [7, 11) is 0. The van der Waals surface area contributed by atoms with Crippen molar-refractivity contribution in [2.45, 2.75) is 105 Å². The monoisotopic (exact) mass is 1480 g/mol. The molecule has 0 spiro atoms. The first kappa shape index (κ1) is 79.7. The zero-order valence-electron chi connectivity index (χ0n) is 54.9. The number of phenols is 1. The molecule has 35 nitrogen and oxygen atoms in total. The standard InChI is InChI=1S/C67H69F2N11O24S/c68-38-23-36-49(26-47(38)81)104-50-27-48(82)39(69)24-37(50)56(36)34-13-12-33(22-35(34)62(94)95)80-53(84)28-51(61(80)93)105-30-46(65(100)101)76-60(92)45(25-55(87)88)74-57(89)40(70)29-73-58(90)43(20-31-8-3-1-4-9-31)75-59(91)44(21-32-10-5-2-6-11-32)79-66(102)72-19-7-18-71-52(83)16-14-41(63(96)97)77-67(103)78-42(64(98)99)15-17-54(85)86/h1-6,8-13,22-24,26-27,40-46,51,81H,7,14-21,25,28-30,70H2,(H,71,83)(H,73,90)(H,74,89)(H,75,91)(H,76,92)(H,85,86)(H,87,88)(H,94,95)(H,96,97)(H,98,99)(H,100,101)(H2,72,79,102)(H2,77,78,103)/t40-,41?,42-,43-,44-,45-,46-,51?/m0/s1. The quantitative estimate of drug-likeness (QED) is 0.0144. The number of fused-ring (bicyclic) bond motifs is 2. The number of aromatic hydroxyl groups is 1. The van der Waals surface area contributed by atoms with Gasteiger partial charge in [0, 0.05) is 86.1 Å². The maximum atomic E-state index is 14.9. The molecule has 18 N–H and O–H groups in total. The number of carboxylic acid groups (broad SMARTS) is 6. The summed E-state index contributed by atoms with van der Waals surface area (Å²) in [4.78, 5) is 206. The Morgan fingerprint density at radius 3 is 1.72 bits per heavy atom. The van der Waals surface area contributed by atoms with Crippen molar-refractivity contribution in [1.82, 2.24) is 47.9 Å². The average molecular weight is 1480 g/mol. The molecule has 2 heterocycles. The van der Waals surface area contributed by atoms with E-state index in [1.165, 1.54) is 0 Å². The van der Waals surface area contributed by atoms with Gasteiger partial charge in [0.1, 0.15) is 53.6 Å². The van der Waals surface area contributed by atoms with Crippen LogP contribution in [0.3, 0.4) is 0 Å². The number of amides is 11. The van der Waals surface area contributed by atoms with Crippen molar-refractivity contribution in [1.29, 1.82) is 0 Å². The molecular weight excluding hydrogens is 1410 g/mol. The van der Waals surface area contributed by atoms with Crippen molar-refractivity contribution in [3.63, 3.8) is 0 Å². The molecule has 2 aliphatic heterocycles. The smallest absolute Gasteiger partial charge is 0.336 e. The molecular formula is C67H69F2N11O24S. The van der Waals surface area contributed by atoms with Gasteiger partial charge >= 0.3 is 47.9 Å². The topological polar surface area (TPSA) is 565 Å². The minimum absolute atomic E-state index is 0.0616. The lowest BCUT2D eigenvalue weighted by Gasteiger charge is -2.25. The molecule has 4 aromatic carbocycles. The second kappa shape index (κ2) is 36.8. The van der Waals surface area contributed by atoms with E-state index in [-0.39, 0.29) is 71.5 Å². The Bertz CT molecular complexity index is 4380. The number of thioether (sulfide) groups is 1. The summed E-state index contributed by atoms with van der Waals surface area (Å²) < 4.78 is 35.3. The maximum absolute atomic E-state index is 14.9. The van der Waals surface area contributed by atoms with E-state index in [2.05, 4.69) is 37.2 Å². The predicted octanol–water partition coefficient (Wildman–Crippen LogP) is 0.579. The molecule has 7 rings (SSSR count). The molecule has 3 aliphatic rings. The number of aliphatic carboxylic acids is 5. The van der Waals surface area contributed by atoms with Gasteiger partial charge < -0.3 is 93.7 Å². The van der Waals surface area contributed by atoms with Gasteiger partial charge in [-0.25, -0.2) is 42.4 Å². The van der Waals surface area contributed by atoms with Crippen molar-refractivity contribution in [3.8, 4) is 28.2 Å². The van der Waals surface area contributed by atoms with Gasteiger partial charge in [-0.15, -0.1) is 11.8 Å². The number of anilines is 1. The fourth-order valence-electron chi connectivity index (χ4n) is 10.6. The highest BCUT2D eigenvalue weighted by atomic mass is 32.2. The molecule has 556 valence electrons. The van der Waals surface area contributed by atoms with E-state index >= 15 is 0 Å². The first-order valence-electron chi connectivity index (χ1n) is 31.8. The van der Waals surface area contributed by atoms with Crippen molar-refractivity contribution >= 4 is 118 Å². The molecule has 11 amide bonds.